The molecular formula is C13H19N3O2. The number of nitrogens with one attached hydrogen (secondary N) is 1. The van der Waals surface area contributed by atoms with E-state index in [1.165, 1.54) is 0 Å². The summed E-state index contributed by atoms with van der Waals surface area (Å²) in [5, 5.41) is 21.8. The van der Waals surface area contributed by atoms with Gasteiger partial charge in [0.1, 0.15) is 6.07 Å². The summed E-state index contributed by atoms with van der Waals surface area (Å²) < 4.78 is 4.85. The minimum atomic E-state index is -0.489. The number of ether oxygens (including phenoxy) is 1. The van der Waals surface area contributed by atoms with Gasteiger partial charge in [0.25, 0.3) is 0 Å². The van der Waals surface area contributed by atoms with Gasteiger partial charge in [0.15, 0.2) is 0 Å². The highest BCUT2D eigenvalue weighted by Crippen LogP contribution is 2.18. The highest BCUT2D eigenvalue weighted by atomic mass is 16.5. The molecule has 0 aliphatic heterocycles. The van der Waals surface area contributed by atoms with Gasteiger partial charge in [-0.1, -0.05) is 0 Å². The number of rotatable bonds is 6. The van der Waals surface area contributed by atoms with Crippen molar-refractivity contribution < 1.29 is 9.84 Å². The quantitative estimate of drug-likeness (QED) is 0.796. The van der Waals surface area contributed by atoms with Gasteiger partial charge >= 0.3 is 0 Å². The van der Waals surface area contributed by atoms with Crippen LogP contribution in [-0.2, 0) is 4.74 Å². The fourth-order valence-electron chi connectivity index (χ4n) is 1.76. The van der Waals surface area contributed by atoms with E-state index >= 15 is 0 Å². The van der Waals surface area contributed by atoms with E-state index in [9.17, 15) is 5.11 Å². The summed E-state index contributed by atoms with van der Waals surface area (Å²) in [6.07, 6.45) is 0.0798. The van der Waals surface area contributed by atoms with Gasteiger partial charge in [-0.25, -0.2) is 0 Å². The third-order valence-corrected chi connectivity index (χ3v) is 2.59. The van der Waals surface area contributed by atoms with Gasteiger partial charge in [-0.05, 0) is 26.3 Å². The summed E-state index contributed by atoms with van der Waals surface area (Å²) in [6.45, 7) is 4.61. The van der Waals surface area contributed by atoms with Gasteiger partial charge in [-0.2, -0.15) is 5.26 Å². The molecule has 1 rings (SSSR count). The predicted molar refractivity (Wildman–Crippen MR) is 69.4 cm³/mol. The molecule has 18 heavy (non-hydrogen) atoms. The van der Waals surface area contributed by atoms with Crippen LogP contribution in [0.2, 0.25) is 0 Å². The minimum absolute atomic E-state index is 0.321. The molecule has 0 aliphatic rings. The summed E-state index contributed by atoms with van der Waals surface area (Å²) in [5.41, 5.74) is 2.91. The van der Waals surface area contributed by atoms with Gasteiger partial charge in [0, 0.05) is 19.3 Å². The maximum Gasteiger partial charge on any atom is 0.103 e. The number of aromatic nitrogens is 1. The van der Waals surface area contributed by atoms with Crippen LogP contribution in [0.4, 0.5) is 5.69 Å². The van der Waals surface area contributed by atoms with Crippen molar-refractivity contribution in [2.75, 3.05) is 25.6 Å². The van der Waals surface area contributed by atoms with Crippen LogP contribution in [0.3, 0.4) is 0 Å². The Morgan fingerprint density at radius 2 is 2.28 bits per heavy atom. The first-order valence-corrected chi connectivity index (χ1v) is 5.87. The standard InChI is InChI=1S/C13H19N3O2/c1-9-6-13(12(7-14)10(2)16-9)15-5-4-11(17)8-18-3/h6,11,17H,4-5,8H2,1-3H3,(H,15,16). The monoisotopic (exact) mass is 249 g/mol. The number of hydrogen-bond donors (Lipinski definition) is 2. The zero-order valence-electron chi connectivity index (χ0n) is 11.0. The Kier molecular flexibility index (Phi) is 5.56. The smallest absolute Gasteiger partial charge is 0.103 e. The molecule has 0 amide bonds. The average molecular weight is 249 g/mol. The maximum absolute atomic E-state index is 9.52. The summed E-state index contributed by atoms with van der Waals surface area (Å²) in [6, 6.07) is 3.98. The van der Waals surface area contributed by atoms with Crippen molar-refractivity contribution in [2.45, 2.75) is 26.4 Å². The van der Waals surface area contributed by atoms with E-state index in [1.807, 2.05) is 19.9 Å². The Morgan fingerprint density at radius 1 is 1.56 bits per heavy atom. The van der Waals surface area contributed by atoms with Crippen LogP contribution in [-0.4, -0.2) is 36.5 Å². The van der Waals surface area contributed by atoms with Gasteiger partial charge < -0.3 is 15.2 Å². The first-order chi connectivity index (χ1) is 8.58. The van der Waals surface area contributed by atoms with E-state index in [0.717, 1.165) is 17.1 Å². The maximum atomic E-state index is 9.52. The lowest BCUT2D eigenvalue weighted by Gasteiger charge is -2.13. The predicted octanol–water partition coefficient (Wildman–Crippen LogP) is 1.38. The molecule has 0 bridgehead atoms. The van der Waals surface area contributed by atoms with Crippen molar-refractivity contribution in [1.82, 2.24) is 4.98 Å². The molecule has 5 nitrogen and oxygen atoms in total. The van der Waals surface area contributed by atoms with Gasteiger partial charge in [-0.15, -0.1) is 0 Å². The topological polar surface area (TPSA) is 78.2 Å². The van der Waals surface area contributed by atoms with Crippen molar-refractivity contribution in [2.24, 2.45) is 0 Å². The molecule has 0 saturated heterocycles. The molecule has 98 valence electrons. The van der Waals surface area contributed by atoms with Crippen LogP contribution in [0.5, 0.6) is 0 Å². The summed E-state index contributed by atoms with van der Waals surface area (Å²) in [4.78, 5) is 4.25. The molecule has 1 atom stereocenters. The van der Waals surface area contributed by atoms with Crippen LogP contribution in [0.25, 0.3) is 0 Å². The molecule has 0 aromatic carbocycles. The van der Waals surface area contributed by atoms with Gasteiger partial charge in [0.05, 0.1) is 29.7 Å². The highest BCUT2D eigenvalue weighted by Gasteiger charge is 2.08. The zero-order valence-corrected chi connectivity index (χ0v) is 11.0. The Bertz CT molecular complexity index is 441. The number of hydrogen-bond acceptors (Lipinski definition) is 5. The fourth-order valence-corrected chi connectivity index (χ4v) is 1.76. The average Bonchev–Trinajstić information content (AvgIpc) is 2.28. The molecule has 0 radical (unpaired) electrons. The molecule has 0 fully saturated rings. The molecule has 5 heteroatoms. The first-order valence-electron chi connectivity index (χ1n) is 5.87. The first kappa shape index (κ1) is 14.4. The molecule has 1 aromatic heterocycles. The number of anilines is 1. The number of pyridine rings is 1. The second kappa shape index (κ2) is 6.94. The second-order valence-electron chi connectivity index (χ2n) is 4.21. The van der Waals surface area contributed by atoms with Crippen molar-refractivity contribution in [3.8, 4) is 6.07 Å². The third kappa shape index (κ3) is 3.99. The summed E-state index contributed by atoms with van der Waals surface area (Å²) in [5.74, 6) is 0. The second-order valence-corrected chi connectivity index (χ2v) is 4.21. The number of nitrogens with zero attached hydrogens (tertiary/aromatic N) is 2. The Morgan fingerprint density at radius 3 is 2.89 bits per heavy atom. The number of nitriles is 1. The lowest BCUT2D eigenvalue weighted by molar-refractivity contribution is 0.0615. The molecule has 1 heterocycles. The molecule has 0 spiro atoms. The number of aliphatic hydroxyl groups excluding tert-OH is 1. The van der Waals surface area contributed by atoms with Crippen LogP contribution >= 0.6 is 0 Å². The lowest BCUT2D eigenvalue weighted by Crippen LogP contribution is -2.18. The Hall–Kier alpha value is -1.64. The third-order valence-electron chi connectivity index (χ3n) is 2.59. The van der Waals surface area contributed by atoms with E-state index in [-0.39, 0.29) is 0 Å². The number of methoxy groups -OCH3 is 1. The summed E-state index contributed by atoms with van der Waals surface area (Å²) >= 11 is 0. The number of aryl methyl sites for hydroxylation is 2. The van der Waals surface area contributed by atoms with Gasteiger partial charge in [-0.3, -0.25) is 4.98 Å². The van der Waals surface area contributed by atoms with Gasteiger partial charge in [0.2, 0.25) is 0 Å². The van der Waals surface area contributed by atoms with Crippen molar-refractivity contribution in [3.05, 3.63) is 23.0 Å². The fraction of sp³-hybridized carbons (Fsp3) is 0.538. The van der Waals surface area contributed by atoms with Crippen LogP contribution in [0, 0.1) is 25.2 Å². The molecule has 1 aromatic rings. The van der Waals surface area contributed by atoms with Crippen LogP contribution in [0.1, 0.15) is 23.4 Å². The van der Waals surface area contributed by atoms with Crippen molar-refractivity contribution in [1.29, 1.82) is 5.26 Å². The van der Waals surface area contributed by atoms with Crippen molar-refractivity contribution >= 4 is 5.69 Å². The largest absolute Gasteiger partial charge is 0.391 e. The van der Waals surface area contributed by atoms with E-state index in [4.69, 9.17) is 10.00 Å². The van der Waals surface area contributed by atoms with E-state index in [1.54, 1.807) is 7.11 Å². The SMILES string of the molecule is COCC(O)CCNc1cc(C)nc(C)c1C#N. The Labute approximate surface area is 107 Å². The lowest BCUT2D eigenvalue weighted by atomic mass is 10.1. The zero-order chi connectivity index (χ0) is 13.5. The number of aliphatic hydroxyl groups is 1. The van der Waals surface area contributed by atoms with E-state index < -0.39 is 6.10 Å². The normalized spacial score (nSPS) is 11.9. The molecular weight excluding hydrogens is 230 g/mol. The van der Waals surface area contributed by atoms with Crippen LogP contribution < -0.4 is 5.32 Å². The highest BCUT2D eigenvalue weighted by molar-refractivity contribution is 5.59. The van der Waals surface area contributed by atoms with Crippen molar-refractivity contribution in [3.63, 3.8) is 0 Å². The Balaban J connectivity index is 2.65. The molecule has 0 saturated carbocycles. The summed E-state index contributed by atoms with van der Waals surface area (Å²) in [7, 11) is 1.56. The van der Waals surface area contributed by atoms with E-state index in [2.05, 4.69) is 16.4 Å². The molecule has 0 aliphatic carbocycles. The van der Waals surface area contributed by atoms with Crippen LogP contribution in [0.15, 0.2) is 6.07 Å². The minimum Gasteiger partial charge on any atom is -0.391 e. The van der Waals surface area contributed by atoms with E-state index in [0.29, 0.717) is 25.1 Å². The molecule has 1 unspecified atom stereocenters. The molecule has 2 N–H and O–H groups in total.